The highest BCUT2D eigenvalue weighted by Crippen LogP contribution is 2.55. The number of ketones is 4. The molecular weight excluding hydrogens is 590 g/mol. The number of nitrogens with two attached hydrogens (primary N) is 1. The molecular formula is C28H30BrNO10. The van der Waals surface area contributed by atoms with Crippen molar-refractivity contribution in [3.8, 4) is 5.75 Å². The minimum atomic E-state index is -2.98. The molecule has 11 nitrogen and oxygen atoms in total. The van der Waals surface area contributed by atoms with Crippen molar-refractivity contribution in [1.82, 2.24) is 0 Å². The molecule has 0 radical (unpaired) electrons. The van der Waals surface area contributed by atoms with E-state index in [0.717, 1.165) is 25.7 Å². The molecule has 0 aliphatic heterocycles. The quantitative estimate of drug-likeness (QED) is 0.227. The Morgan fingerprint density at radius 1 is 1.10 bits per heavy atom. The molecule has 3 fully saturated rings. The van der Waals surface area contributed by atoms with Gasteiger partial charge in [-0.15, -0.1) is 0 Å². The van der Waals surface area contributed by atoms with Gasteiger partial charge in [0.2, 0.25) is 5.91 Å². The molecule has 0 bridgehead atoms. The summed E-state index contributed by atoms with van der Waals surface area (Å²) in [6, 6.07) is 4.45. The van der Waals surface area contributed by atoms with Crippen LogP contribution >= 0.6 is 15.9 Å². The lowest BCUT2D eigenvalue weighted by Crippen LogP contribution is -2.73. The van der Waals surface area contributed by atoms with Gasteiger partial charge in [-0.05, 0) is 24.5 Å². The fourth-order valence-corrected chi connectivity index (χ4v) is 7.37. The van der Waals surface area contributed by atoms with E-state index in [0.29, 0.717) is 5.56 Å². The van der Waals surface area contributed by atoms with E-state index in [1.54, 1.807) is 12.1 Å². The molecule has 4 aliphatic carbocycles. The first-order valence-corrected chi connectivity index (χ1v) is 14.5. The maximum Gasteiger partial charge on any atom is 0.306 e. The molecule has 1 aromatic carbocycles. The highest BCUT2D eigenvalue weighted by Gasteiger charge is 2.71. The number of esters is 1. The first kappa shape index (κ1) is 28.6. The predicted octanol–water partition coefficient (Wildman–Crippen LogP) is 1.13. The van der Waals surface area contributed by atoms with Crippen LogP contribution in [0.5, 0.6) is 5.75 Å². The summed E-state index contributed by atoms with van der Waals surface area (Å²) in [5, 5.41) is 22.6. The van der Waals surface area contributed by atoms with E-state index >= 15 is 0 Å². The summed E-state index contributed by atoms with van der Waals surface area (Å²) in [7, 11) is 0. The van der Waals surface area contributed by atoms with Gasteiger partial charge in [-0.3, -0.25) is 28.8 Å². The first-order valence-electron chi connectivity index (χ1n) is 13.4. The summed E-state index contributed by atoms with van der Waals surface area (Å²) in [4.78, 5) is 79.2. The van der Waals surface area contributed by atoms with Crippen molar-refractivity contribution in [3.05, 3.63) is 29.3 Å². The number of phenols is 1. The Balaban J connectivity index is 1.67. The van der Waals surface area contributed by atoms with Gasteiger partial charge in [0.05, 0.1) is 30.6 Å². The van der Waals surface area contributed by atoms with Crippen molar-refractivity contribution in [2.24, 2.45) is 29.4 Å². The lowest BCUT2D eigenvalue weighted by atomic mass is 9.50. The number of aliphatic hydroxyl groups is 1. The van der Waals surface area contributed by atoms with Gasteiger partial charge in [0.1, 0.15) is 11.9 Å². The van der Waals surface area contributed by atoms with Gasteiger partial charge in [0.25, 0.3) is 0 Å². The molecule has 4 aliphatic rings. The van der Waals surface area contributed by atoms with Gasteiger partial charge in [0.15, 0.2) is 34.7 Å². The number of hydrogen-bond acceptors (Lipinski definition) is 10. The molecule has 2 unspecified atom stereocenters. The largest absolute Gasteiger partial charge is 0.507 e. The number of alkyl halides is 1. The van der Waals surface area contributed by atoms with E-state index in [2.05, 4.69) is 15.9 Å². The highest BCUT2D eigenvalue weighted by atomic mass is 79.9. The number of hydrogen-bond donors (Lipinski definition) is 3. The molecule has 12 heteroatoms. The molecule has 0 spiro atoms. The highest BCUT2D eigenvalue weighted by molar-refractivity contribution is 9.09. The van der Waals surface area contributed by atoms with Crippen molar-refractivity contribution in [2.45, 2.75) is 62.3 Å². The molecule has 0 heterocycles. The Hall–Kier alpha value is -2.96. The minimum Gasteiger partial charge on any atom is -0.507 e. The fraction of sp³-hybridized carbons (Fsp3) is 0.571. The normalized spacial score (nSPS) is 33.8. The van der Waals surface area contributed by atoms with Crippen LogP contribution in [0.25, 0.3) is 0 Å². The van der Waals surface area contributed by atoms with Crippen LogP contribution in [0.1, 0.15) is 60.4 Å². The summed E-state index contributed by atoms with van der Waals surface area (Å²) in [6.07, 6.45) is 1.40. The second-order valence-electron chi connectivity index (χ2n) is 11.0. The predicted molar refractivity (Wildman–Crippen MR) is 139 cm³/mol. The summed E-state index contributed by atoms with van der Waals surface area (Å²) in [5.74, 6) is -14.1. The van der Waals surface area contributed by atoms with Crippen LogP contribution in [0, 0.1) is 23.7 Å². The molecule has 5 rings (SSSR count). The number of carbonyl (C=O) groups excluding carboxylic acids is 6. The van der Waals surface area contributed by atoms with Crippen molar-refractivity contribution in [2.75, 3.05) is 11.9 Å². The van der Waals surface area contributed by atoms with Crippen LogP contribution in [0.4, 0.5) is 0 Å². The van der Waals surface area contributed by atoms with Crippen molar-refractivity contribution >= 4 is 50.9 Å². The van der Waals surface area contributed by atoms with Crippen molar-refractivity contribution in [1.29, 1.82) is 0 Å². The third kappa shape index (κ3) is 4.40. The number of benzene rings is 1. The zero-order valence-electron chi connectivity index (χ0n) is 21.5. The zero-order valence-corrected chi connectivity index (χ0v) is 23.1. The molecule has 214 valence electrons. The molecule has 3 saturated carbocycles. The van der Waals surface area contributed by atoms with Gasteiger partial charge in [-0.1, -0.05) is 40.9 Å². The molecule has 0 aromatic heterocycles. The second-order valence-corrected chi connectivity index (χ2v) is 11.8. The van der Waals surface area contributed by atoms with Gasteiger partial charge < -0.3 is 25.4 Å². The number of aromatic hydroxyl groups is 1. The van der Waals surface area contributed by atoms with Crippen LogP contribution in [-0.2, 0) is 33.4 Å². The number of halogens is 1. The third-order valence-electron chi connectivity index (χ3n) is 8.87. The average molecular weight is 620 g/mol. The van der Waals surface area contributed by atoms with Crippen LogP contribution in [-0.4, -0.2) is 75.0 Å². The second kappa shape index (κ2) is 10.8. The molecule has 1 aromatic rings. The number of phenolic OH excluding ortho intramolecular Hbond substituents is 1. The van der Waals surface area contributed by atoms with Gasteiger partial charge >= 0.3 is 5.97 Å². The Labute approximate surface area is 237 Å². The Morgan fingerprint density at radius 2 is 1.80 bits per heavy atom. The maximum atomic E-state index is 14.1. The topological polar surface area (TPSA) is 187 Å². The SMILES string of the molecule is NC(=O)C1C(=O)C[C@@H]2[C@@H](OC(=O)CCBr)[C@H]3C(C(=O)c4c(O)cccc4[C@@H]3COC3CCCC3)C(=O)[C@]2(O)C1=O. The number of carbonyl (C=O) groups is 6. The summed E-state index contributed by atoms with van der Waals surface area (Å²) in [5.41, 5.74) is 2.54. The summed E-state index contributed by atoms with van der Waals surface area (Å²) >= 11 is 3.16. The number of ether oxygens (including phenoxy) is 2. The maximum absolute atomic E-state index is 14.1. The smallest absolute Gasteiger partial charge is 0.306 e. The molecule has 4 N–H and O–H groups in total. The monoisotopic (exact) mass is 619 g/mol. The number of amides is 1. The number of primary amides is 1. The Bertz CT molecular complexity index is 1290. The lowest BCUT2D eigenvalue weighted by molar-refractivity contribution is -0.199. The van der Waals surface area contributed by atoms with Crippen LogP contribution in [0.3, 0.4) is 0 Å². The molecule has 1 amide bonds. The van der Waals surface area contributed by atoms with Gasteiger partial charge in [0, 0.05) is 29.5 Å². The fourth-order valence-electron chi connectivity index (χ4n) is 7.04. The number of fused-ring (bicyclic) bond motifs is 3. The lowest BCUT2D eigenvalue weighted by Gasteiger charge is -2.54. The average Bonchev–Trinajstić information content (AvgIpc) is 3.41. The molecule has 40 heavy (non-hydrogen) atoms. The zero-order chi connectivity index (χ0) is 28.9. The Kier molecular flexibility index (Phi) is 7.71. The van der Waals surface area contributed by atoms with E-state index < -0.39 is 82.7 Å². The first-order chi connectivity index (χ1) is 19.0. The third-order valence-corrected chi connectivity index (χ3v) is 9.26. The van der Waals surface area contributed by atoms with E-state index in [9.17, 15) is 39.0 Å². The Morgan fingerprint density at radius 3 is 2.45 bits per heavy atom. The van der Waals surface area contributed by atoms with E-state index in [1.807, 2.05) is 0 Å². The van der Waals surface area contributed by atoms with Gasteiger partial charge in [-0.25, -0.2) is 0 Å². The van der Waals surface area contributed by atoms with E-state index in [4.69, 9.17) is 15.2 Å². The van der Waals surface area contributed by atoms with Crippen molar-refractivity contribution < 1.29 is 48.5 Å². The minimum absolute atomic E-state index is 0.00624. The van der Waals surface area contributed by atoms with Crippen molar-refractivity contribution in [3.63, 3.8) is 0 Å². The van der Waals surface area contributed by atoms with E-state index in [1.165, 1.54) is 6.07 Å². The van der Waals surface area contributed by atoms with Crippen LogP contribution < -0.4 is 5.73 Å². The molecule has 7 atom stereocenters. The van der Waals surface area contributed by atoms with Crippen LogP contribution in [0.2, 0.25) is 0 Å². The number of rotatable bonds is 7. The summed E-state index contributed by atoms with van der Waals surface area (Å²) in [6.45, 7) is 0.00624. The standard InChI is InChI=1S/C28H30BrNO10/c29-9-8-18(33)40-24-15-10-17(32)21(27(30)37)25(35)28(15,38)26(36)22-20(24)14(11-39-12-4-1-2-5-12)13-6-3-7-16(31)19(13)23(22)34/h3,6-7,12,14-15,20-22,24,31,38H,1-2,4-5,8-11H2,(H2,30,37)/t14-,15+,20+,21?,22?,24+,28+/m0/s1. The number of Topliss-reactive ketones (excluding diaryl/α,β-unsaturated/α-hetero) is 4. The molecule has 0 saturated heterocycles. The van der Waals surface area contributed by atoms with E-state index in [-0.39, 0.29) is 35.8 Å². The van der Waals surface area contributed by atoms with Crippen LogP contribution in [0.15, 0.2) is 18.2 Å². The summed E-state index contributed by atoms with van der Waals surface area (Å²) < 4.78 is 12.0. The van der Waals surface area contributed by atoms with Gasteiger partial charge in [-0.2, -0.15) is 0 Å².